The highest BCUT2D eigenvalue weighted by Gasteiger charge is 2.49. The number of hydrogen-bond donors (Lipinski definition) is 2. The smallest absolute Gasteiger partial charge is 0.253 e. The number of likely N-dealkylation sites (N-methyl/N-ethyl adjacent to an activating group) is 2. The van der Waals surface area contributed by atoms with Gasteiger partial charge in [0, 0.05) is 102 Å². The predicted molar refractivity (Wildman–Crippen MR) is 291 cm³/mol. The van der Waals surface area contributed by atoms with Crippen molar-refractivity contribution in [3.8, 4) is 0 Å². The molecule has 0 spiro atoms. The van der Waals surface area contributed by atoms with E-state index in [0.29, 0.717) is 75.8 Å². The summed E-state index contributed by atoms with van der Waals surface area (Å²) in [7, 11) is 6.98. The molecule has 16 heteroatoms. The molecule has 76 heavy (non-hydrogen) atoms. The number of ketones is 2. The molecule has 2 N–H and O–H groups in total. The van der Waals surface area contributed by atoms with Crippen molar-refractivity contribution >= 4 is 52.7 Å². The van der Waals surface area contributed by atoms with E-state index in [4.69, 9.17) is 9.47 Å². The summed E-state index contributed by atoms with van der Waals surface area (Å²) in [5, 5.41) is 5.94. The van der Waals surface area contributed by atoms with E-state index in [-0.39, 0.29) is 84.1 Å². The Morgan fingerprint density at radius 3 is 2.13 bits per heavy atom. The number of anilines is 1. The monoisotopic (exact) mass is 1050 g/mol. The average molecular weight is 1050 g/mol. The number of Topliss-reactive ketones (excluding diaryl/α,β-unsaturated/α-hetero) is 2. The average Bonchev–Trinajstić information content (AvgIpc) is 4.23. The number of fused-ring (bicyclic) bond motifs is 2. The lowest BCUT2D eigenvalue weighted by atomic mass is 9.83. The number of carbonyl (C=O) groups is 8. The number of amides is 6. The number of nitrogens with one attached hydrogen (secondary N) is 2. The normalized spacial score (nSPS) is 22.1. The first-order valence-electron chi connectivity index (χ1n) is 28.0. The zero-order chi connectivity index (χ0) is 55.2. The van der Waals surface area contributed by atoms with E-state index in [0.717, 1.165) is 43.2 Å². The Balaban J connectivity index is 1.05. The Morgan fingerprint density at radius 1 is 0.816 bits per heavy atom. The molecular weight excluding hydrogens is 965 g/mol. The molecule has 0 radical (unpaired) electrons. The molecule has 11 atom stereocenters. The van der Waals surface area contributed by atoms with Gasteiger partial charge in [0.1, 0.15) is 5.78 Å². The Hall–Kier alpha value is -5.58. The van der Waals surface area contributed by atoms with Gasteiger partial charge in [-0.2, -0.15) is 0 Å². The van der Waals surface area contributed by atoms with Crippen molar-refractivity contribution in [2.45, 2.75) is 167 Å². The van der Waals surface area contributed by atoms with Crippen LogP contribution in [0.3, 0.4) is 0 Å². The third-order valence-electron chi connectivity index (χ3n) is 17.2. The van der Waals surface area contributed by atoms with E-state index in [1.165, 1.54) is 17.1 Å². The fourth-order valence-corrected chi connectivity index (χ4v) is 12.5. The van der Waals surface area contributed by atoms with Gasteiger partial charge in [-0.15, -0.1) is 0 Å². The second-order valence-electron chi connectivity index (χ2n) is 22.4. The van der Waals surface area contributed by atoms with Crippen LogP contribution >= 0.6 is 0 Å². The maximum atomic E-state index is 14.6. The lowest BCUT2D eigenvalue weighted by Gasteiger charge is -2.41. The minimum absolute atomic E-state index is 0.0171. The van der Waals surface area contributed by atoms with Crippen LogP contribution in [0.25, 0.3) is 0 Å². The maximum absolute atomic E-state index is 14.6. The molecule has 6 rings (SSSR count). The van der Waals surface area contributed by atoms with Gasteiger partial charge in [-0.1, -0.05) is 89.9 Å². The Labute approximate surface area is 451 Å². The molecule has 1 saturated carbocycles. The Bertz CT molecular complexity index is 2340. The van der Waals surface area contributed by atoms with E-state index >= 15 is 0 Å². The van der Waals surface area contributed by atoms with E-state index in [2.05, 4.69) is 29.4 Å². The first-order valence-corrected chi connectivity index (χ1v) is 28.0. The molecular formula is C60H86N6O10. The summed E-state index contributed by atoms with van der Waals surface area (Å²) in [5.74, 6) is -2.90. The molecule has 6 amide bonds. The number of methoxy groups -OCH3 is 2. The summed E-state index contributed by atoms with van der Waals surface area (Å²) in [4.78, 5) is 115. The largest absolute Gasteiger partial charge is 0.379 e. The first kappa shape index (κ1) is 59.7. The minimum Gasteiger partial charge on any atom is -0.379 e. The van der Waals surface area contributed by atoms with E-state index in [1.54, 1.807) is 38.3 Å². The maximum Gasteiger partial charge on any atom is 0.253 e. The predicted octanol–water partition coefficient (Wildman–Crippen LogP) is 7.18. The van der Waals surface area contributed by atoms with Gasteiger partial charge >= 0.3 is 0 Å². The molecule has 0 unspecified atom stereocenters. The summed E-state index contributed by atoms with van der Waals surface area (Å²) in [5.41, 5.74) is 2.30. The van der Waals surface area contributed by atoms with Crippen LogP contribution < -0.4 is 10.6 Å². The molecule has 4 aliphatic rings. The molecule has 3 fully saturated rings. The lowest BCUT2D eigenvalue weighted by Crippen LogP contribution is -2.54. The van der Waals surface area contributed by atoms with Crippen molar-refractivity contribution in [3.05, 3.63) is 77.9 Å². The van der Waals surface area contributed by atoms with Gasteiger partial charge in [-0.25, -0.2) is 0 Å². The highest BCUT2D eigenvalue weighted by Crippen LogP contribution is 2.43. The molecule has 16 nitrogen and oxygen atoms in total. The zero-order valence-electron chi connectivity index (χ0n) is 46.7. The van der Waals surface area contributed by atoms with Crippen LogP contribution in [0.2, 0.25) is 0 Å². The number of benzene rings is 2. The highest BCUT2D eigenvalue weighted by molar-refractivity contribution is 6.12. The van der Waals surface area contributed by atoms with Crippen LogP contribution in [0.4, 0.5) is 5.69 Å². The van der Waals surface area contributed by atoms with E-state index < -0.39 is 42.0 Å². The molecule has 2 aromatic rings. The summed E-state index contributed by atoms with van der Waals surface area (Å²) in [6.45, 7) is 11.1. The molecule has 416 valence electrons. The number of piperidine rings is 1. The van der Waals surface area contributed by atoms with Crippen LogP contribution in [0.5, 0.6) is 0 Å². The molecule has 2 saturated heterocycles. The first-order chi connectivity index (χ1) is 36.4. The van der Waals surface area contributed by atoms with Crippen LogP contribution in [-0.4, -0.2) is 144 Å². The summed E-state index contributed by atoms with van der Waals surface area (Å²) in [6, 6.07) is 16.2. The number of ether oxygens (including phenoxy) is 2. The van der Waals surface area contributed by atoms with Crippen LogP contribution in [0.15, 0.2) is 66.7 Å². The molecule has 0 aromatic heterocycles. The second kappa shape index (κ2) is 28.2. The topological polar surface area (TPSA) is 192 Å². The lowest BCUT2D eigenvalue weighted by molar-refractivity contribution is -0.149. The third-order valence-corrected chi connectivity index (χ3v) is 17.2. The standard InChI is InChI=1S/C60H86N6O10/c1-10-39(4)56(64(7)60(74)47(38(2)3)35-50(68)57-43-24-27-46(33-43)63(57)6)51(75-8)36-55(72)65-31-17-20-48(65)58(76-9)40(5)49(67)34-44(32-41-18-13-11-14-19-41)59(73)62-45-25-22-42(23-26-45)37-61-52(69)21-15-12-16-30-66-53(70)28-29-54(66)71/h11,13-14,18-19,22-23,25-26,28-29,38-40,43-44,46-48,51,56-58H,10,12,15-17,20-21,24,27,30-37H2,1-9H3,(H,61,69)(H,62,73)/t39-,40-,43-,44+,46+,47-,48-,51+,56-,57-,58+/m0/s1. The number of imide groups is 1. The van der Waals surface area contributed by atoms with Crippen LogP contribution in [-0.2, 0) is 60.8 Å². The van der Waals surface area contributed by atoms with Gasteiger partial charge < -0.3 is 29.9 Å². The fourth-order valence-electron chi connectivity index (χ4n) is 12.5. The number of hydrogen-bond acceptors (Lipinski definition) is 11. The van der Waals surface area contributed by atoms with Gasteiger partial charge in [-0.3, -0.25) is 48.2 Å². The number of unbranched alkanes of at least 4 members (excludes halogenated alkanes) is 2. The quantitative estimate of drug-likeness (QED) is 0.0595. The van der Waals surface area contributed by atoms with Gasteiger partial charge in [0.25, 0.3) is 11.8 Å². The van der Waals surface area contributed by atoms with Crippen LogP contribution in [0.1, 0.15) is 129 Å². The minimum atomic E-state index is -0.713. The highest BCUT2D eigenvalue weighted by atomic mass is 16.5. The zero-order valence-corrected chi connectivity index (χ0v) is 46.7. The number of carbonyl (C=O) groups excluding carboxylic acids is 8. The van der Waals surface area contributed by atoms with Crippen molar-refractivity contribution in [2.24, 2.45) is 35.5 Å². The Kier molecular flexibility index (Phi) is 22.1. The summed E-state index contributed by atoms with van der Waals surface area (Å²) >= 11 is 0. The second-order valence-corrected chi connectivity index (χ2v) is 22.4. The molecule has 1 aliphatic carbocycles. The fraction of sp³-hybridized carbons (Fsp3) is 0.633. The van der Waals surface area contributed by atoms with Gasteiger partial charge in [0.05, 0.1) is 36.8 Å². The number of rotatable bonds is 30. The summed E-state index contributed by atoms with van der Waals surface area (Å²) < 4.78 is 12.3. The van der Waals surface area contributed by atoms with Crippen LogP contribution in [0, 0.1) is 35.5 Å². The van der Waals surface area contributed by atoms with Crippen molar-refractivity contribution in [1.82, 2.24) is 24.9 Å². The SMILES string of the molecule is CC[C@H](C)[C@@H]([C@@H](CC(=O)N1CCC[C@H]1[C@H](OC)[C@@H](C)C(=O)C[C@@H](Cc1ccccc1)C(=O)Nc1ccc(CNC(=O)CCCCCN2C(=O)C=CC2=O)cc1)OC)N(C)C(=O)[C@@H](CC(=O)[C@@H]1[C@H]2CC[C@H](C2)N1C)C(C)C. The molecule has 2 aromatic carbocycles. The summed E-state index contributed by atoms with van der Waals surface area (Å²) in [6.07, 6.45) is 9.32. The van der Waals surface area contributed by atoms with E-state index in [1.807, 2.05) is 75.2 Å². The van der Waals surface area contributed by atoms with Crippen molar-refractivity contribution < 1.29 is 47.8 Å². The van der Waals surface area contributed by atoms with Crippen molar-refractivity contribution in [2.75, 3.05) is 46.7 Å². The number of nitrogens with zero attached hydrogens (tertiary/aromatic N) is 4. The van der Waals surface area contributed by atoms with Crippen molar-refractivity contribution in [1.29, 1.82) is 0 Å². The van der Waals surface area contributed by atoms with E-state index in [9.17, 15) is 38.4 Å². The van der Waals surface area contributed by atoms with Crippen molar-refractivity contribution in [3.63, 3.8) is 0 Å². The molecule has 2 bridgehead atoms. The van der Waals surface area contributed by atoms with Gasteiger partial charge in [-0.05, 0) is 99.4 Å². The number of likely N-dealkylation sites (tertiary alicyclic amines) is 2. The molecule has 3 heterocycles. The Morgan fingerprint density at radius 2 is 1.51 bits per heavy atom. The van der Waals surface area contributed by atoms with Gasteiger partial charge in [0.2, 0.25) is 23.6 Å². The van der Waals surface area contributed by atoms with Gasteiger partial charge in [0.15, 0.2) is 5.78 Å². The third kappa shape index (κ3) is 15.1. The molecule has 3 aliphatic heterocycles.